The predicted molar refractivity (Wildman–Crippen MR) is 92.9 cm³/mol. The fraction of sp³-hybridized carbons (Fsp3) is 0.810. The van der Waals surface area contributed by atoms with Crippen LogP contribution in [0.3, 0.4) is 0 Å². The first-order chi connectivity index (χ1) is 11.0. The van der Waals surface area contributed by atoms with Gasteiger partial charge >= 0.3 is 0 Å². The van der Waals surface area contributed by atoms with Gasteiger partial charge in [-0.1, -0.05) is 25.5 Å². The summed E-state index contributed by atoms with van der Waals surface area (Å²) in [4.78, 5) is 0. The third-order valence-corrected chi connectivity index (χ3v) is 8.07. The van der Waals surface area contributed by atoms with Crippen molar-refractivity contribution in [3.8, 4) is 0 Å². The van der Waals surface area contributed by atoms with Crippen LogP contribution in [0.1, 0.15) is 71.6 Å². The van der Waals surface area contributed by atoms with Crippen LogP contribution < -0.4 is 0 Å². The van der Waals surface area contributed by atoms with Crippen molar-refractivity contribution >= 4 is 0 Å². The molecule has 0 heterocycles. The summed E-state index contributed by atoms with van der Waals surface area (Å²) in [6, 6.07) is 0. The number of hydrogen-bond acceptors (Lipinski definition) is 2. The number of hydrogen-bond donors (Lipinski definition) is 2. The van der Waals surface area contributed by atoms with E-state index in [0.29, 0.717) is 29.3 Å². The second-order valence-electron chi connectivity index (χ2n) is 9.02. The Labute approximate surface area is 140 Å². The smallest absolute Gasteiger partial charge is 0.0543 e. The molecule has 4 aliphatic carbocycles. The number of aliphatic hydroxyl groups excluding tert-OH is 2. The molecule has 2 unspecified atom stereocenters. The van der Waals surface area contributed by atoms with E-state index < -0.39 is 0 Å². The predicted octanol–water partition coefficient (Wildman–Crippen LogP) is 4.37. The van der Waals surface area contributed by atoms with Gasteiger partial charge in [-0.15, -0.1) is 0 Å². The summed E-state index contributed by atoms with van der Waals surface area (Å²) >= 11 is 0. The van der Waals surface area contributed by atoms with Gasteiger partial charge in [-0.3, -0.25) is 0 Å². The lowest BCUT2D eigenvalue weighted by molar-refractivity contribution is 0.0230. The lowest BCUT2D eigenvalue weighted by Gasteiger charge is -2.53. The lowest BCUT2D eigenvalue weighted by Crippen LogP contribution is -2.43. The van der Waals surface area contributed by atoms with E-state index in [-0.39, 0.29) is 6.10 Å². The van der Waals surface area contributed by atoms with E-state index in [9.17, 15) is 10.2 Å². The molecule has 1 saturated carbocycles. The maximum atomic E-state index is 10.1. The van der Waals surface area contributed by atoms with E-state index >= 15 is 0 Å². The fourth-order valence-corrected chi connectivity index (χ4v) is 6.52. The van der Waals surface area contributed by atoms with Gasteiger partial charge in [-0.25, -0.2) is 0 Å². The van der Waals surface area contributed by atoms with Crippen LogP contribution in [0.25, 0.3) is 0 Å². The van der Waals surface area contributed by atoms with Gasteiger partial charge in [0.1, 0.15) is 0 Å². The molecule has 0 amide bonds. The summed E-state index contributed by atoms with van der Waals surface area (Å²) in [6.45, 7) is 5.27. The molecule has 5 atom stereocenters. The summed E-state index contributed by atoms with van der Waals surface area (Å²) < 4.78 is 0. The van der Waals surface area contributed by atoms with Crippen LogP contribution in [0.4, 0.5) is 0 Å². The summed E-state index contributed by atoms with van der Waals surface area (Å²) in [7, 11) is 0. The van der Waals surface area contributed by atoms with Crippen LogP contribution >= 0.6 is 0 Å². The zero-order valence-electron chi connectivity index (χ0n) is 14.8. The normalized spacial score (nSPS) is 46.1. The van der Waals surface area contributed by atoms with Crippen molar-refractivity contribution < 1.29 is 10.2 Å². The molecule has 0 aromatic rings. The van der Waals surface area contributed by atoms with Crippen molar-refractivity contribution in [1.29, 1.82) is 0 Å². The molecule has 0 aromatic heterocycles. The van der Waals surface area contributed by atoms with Crippen LogP contribution in [0.5, 0.6) is 0 Å². The minimum atomic E-state index is -0.0660. The van der Waals surface area contributed by atoms with Gasteiger partial charge < -0.3 is 10.2 Å². The molecule has 4 rings (SSSR count). The summed E-state index contributed by atoms with van der Waals surface area (Å²) in [5.41, 5.74) is 5.72. The molecule has 2 nitrogen and oxygen atoms in total. The van der Waals surface area contributed by atoms with E-state index in [0.717, 1.165) is 25.7 Å². The molecule has 0 aromatic carbocycles. The van der Waals surface area contributed by atoms with E-state index in [4.69, 9.17) is 0 Å². The van der Waals surface area contributed by atoms with Crippen molar-refractivity contribution in [2.24, 2.45) is 22.7 Å². The Hall–Kier alpha value is -0.600. The van der Waals surface area contributed by atoms with Crippen molar-refractivity contribution in [2.75, 3.05) is 6.61 Å². The second-order valence-corrected chi connectivity index (χ2v) is 9.02. The second kappa shape index (κ2) is 5.46. The van der Waals surface area contributed by atoms with Gasteiger partial charge in [0.05, 0.1) is 6.10 Å². The van der Waals surface area contributed by atoms with Crippen molar-refractivity contribution in [3.05, 3.63) is 22.8 Å². The monoisotopic (exact) mass is 316 g/mol. The highest BCUT2D eigenvalue weighted by molar-refractivity contribution is 5.49. The van der Waals surface area contributed by atoms with E-state index in [1.54, 1.807) is 16.7 Å². The van der Waals surface area contributed by atoms with Gasteiger partial charge in [0.2, 0.25) is 0 Å². The Bertz CT molecular complexity index is 560. The molecule has 128 valence electrons. The number of aliphatic hydroxyl groups is 2. The zero-order valence-corrected chi connectivity index (χ0v) is 14.8. The Morgan fingerprint density at radius 3 is 2.74 bits per heavy atom. The zero-order chi connectivity index (χ0) is 16.2. The first-order valence-electron chi connectivity index (χ1n) is 9.71. The Kier molecular flexibility index (Phi) is 3.77. The van der Waals surface area contributed by atoms with Crippen molar-refractivity contribution in [1.82, 2.24) is 0 Å². The number of fused-ring (bicyclic) bond motifs is 4. The average Bonchev–Trinajstić information content (AvgIpc) is 2.85. The van der Waals surface area contributed by atoms with Crippen LogP contribution in [0, 0.1) is 22.7 Å². The van der Waals surface area contributed by atoms with Gasteiger partial charge in [-0.05, 0) is 91.6 Å². The van der Waals surface area contributed by atoms with Gasteiger partial charge in [0.25, 0.3) is 0 Å². The first-order valence-corrected chi connectivity index (χ1v) is 9.71. The largest absolute Gasteiger partial charge is 0.396 e. The van der Waals surface area contributed by atoms with Crippen LogP contribution in [0.15, 0.2) is 22.8 Å². The quantitative estimate of drug-likeness (QED) is 0.794. The molecule has 2 N–H and O–H groups in total. The lowest BCUT2D eigenvalue weighted by atomic mass is 9.52. The summed E-state index contributed by atoms with van der Waals surface area (Å²) in [6.07, 6.45) is 12.7. The van der Waals surface area contributed by atoms with Crippen LogP contribution in [-0.2, 0) is 0 Å². The highest BCUT2D eigenvalue weighted by Gasteiger charge is 2.51. The minimum absolute atomic E-state index is 0.0660. The molecule has 2 heteroatoms. The maximum Gasteiger partial charge on any atom is 0.0543 e. The van der Waals surface area contributed by atoms with E-state index in [1.165, 1.54) is 32.1 Å². The SMILES string of the molecule is C[C@]12CCC3=C(CCC4CC(O)CC[C@]34C)C1=CC[C@@H]2CCO. The number of rotatable bonds is 2. The van der Waals surface area contributed by atoms with Crippen molar-refractivity contribution in [3.63, 3.8) is 0 Å². The highest BCUT2D eigenvalue weighted by Crippen LogP contribution is 2.63. The van der Waals surface area contributed by atoms with E-state index in [2.05, 4.69) is 19.9 Å². The Morgan fingerprint density at radius 2 is 1.96 bits per heavy atom. The third kappa shape index (κ3) is 2.21. The van der Waals surface area contributed by atoms with Crippen molar-refractivity contribution in [2.45, 2.75) is 77.7 Å². The molecular weight excluding hydrogens is 284 g/mol. The Balaban J connectivity index is 1.70. The molecule has 23 heavy (non-hydrogen) atoms. The molecule has 0 radical (unpaired) electrons. The standard InChI is InChI=1S/C21H32O2/c1-20-11-8-19-17(18(20)6-4-14(20)9-12-22)5-3-15-13-16(23)7-10-21(15,19)2/h6,14-16,22-23H,3-5,7-13H2,1-2H3/t14-,15?,16?,20-,21+/m1/s1. The Morgan fingerprint density at radius 1 is 1.13 bits per heavy atom. The molecule has 0 spiro atoms. The summed E-state index contributed by atoms with van der Waals surface area (Å²) in [5.74, 6) is 1.32. The molecule has 0 aliphatic heterocycles. The topological polar surface area (TPSA) is 40.5 Å². The van der Waals surface area contributed by atoms with Gasteiger partial charge in [-0.2, -0.15) is 0 Å². The summed E-state index contributed by atoms with van der Waals surface area (Å²) in [5, 5.41) is 19.5. The average molecular weight is 316 g/mol. The van der Waals surface area contributed by atoms with Crippen LogP contribution in [0.2, 0.25) is 0 Å². The van der Waals surface area contributed by atoms with Gasteiger partial charge in [0.15, 0.2) is 0 Å². The molecular formula is C21H32O2. The number of allylic oxidation sites excluding steroid dienone is 4. The minimum Gasteiger partial charge on any atom is -0.396 e. The van der Waals surface area contributed by atoms with Gasteiger partial charge in [0, 0.05) is 6.61 Å². The highest BCUT2D eigenvalue weighted by atomic mass is 16.3. The molecule has 0 saturated heterocycles. The van der Waals surface area contributed by atoms with E-state index in [1.807, 2.05) is 0 Å². The first kappa shape index (κ1) is 15.9. The van der Waals surface area contributed by atoms with Crippen LogP contribution in [-0.4, -0.2) is 22.9 Å². The molecule has 0 bridgehead atoms. The molecule has 4 aliphatic rings. The maximum absolute atomic E-state index is 10.1. The molecule has 1 fully saturated rings. The fourth-order valence-electron chi connectivity index (χ4n) is 6.52. The third-order valence-electron chi connectivity index (χ3n) is 8.07.